The number of methoxy groups -OCH3 is 1. The number of nitrogens with two attached hydrogens (primary N) is 1. The monoisotopic (exact) mass is 281 g/mol. The van der Waals surface area contributed by atoms with E-state index in [-0.39, 0.29) is 11.4 Å². The Morgan fingerprint density at radius 1 is 1.26 bits per heavy atom. The lowest BCUT2D eigenvalue weighted by molar-refractivity contribution is 0.414. The number of furan rings is 1. The minimum absolute atomic E-state index is 0.0398. The van der Waals surface area contributed by atoms with E-state index in [2.05, 4.69) is 0 Å². The zero-order chi connectivity index (χ0) is 13.9. The molecule has 1 aromatic heterocycles. The number of sulfone groups is 1. The molecule has 1 heterocycles. The van der Waals surface area contributed by atoms with Crippen LogP contribution < -0.4 is 10.5 Å². The van der Waals surface area contributed by atoms with Crippen LogP contribution in [0.5, 0.6) is 5.75 Å². The summed E-state index contributed by atoms with van der Waals surface area (Å²) in [5, 5.41) is -0.879. The van der Waals surface area contributed by atoms with E-state index in [0.717, 1.165) is 0 Å². The first-order valence-electron chi connectivity index (χ1n) is 5.71. The van der Waals surface area contributed by atoms with Crippen molar-refractivity contribution in [3.8, 4) is 5.75 Å². The predicted octanol–water partition coefficient (Wildman–Crippen LogP) is 1.76. The molecule has 1 unspecified atom stereocenters. The van der Waals surface area contributed by atoms with Crippen molar-refractivity contribution in [3.05, 3.63) is 48.4 Å². The van der Waals surface area contributed by atoms with E-state index in [1.807, 2.05) is 0 Å². The summed E-state index contributed by atoms with van der Waals surface area (Å²) in [6, 6.07) is 9.45. The molecular weight excluding hydrogens is 266 g/mol. The van der Waals surface area contributed by atoms with Gasteiger partial charge >= 0.3 is 0 Å². The van der Waals surface area contributed by atoms with Gasteiger partial charge in [0.05, 0.1) is 18.3 Å². The Hall–Kier alpha value is -1.79. The fourth-order valence-corrected chi connectivity index (χ4v) is 3.34. The van der Waals surface area contributed by atoms with Crippen molar-refractivity contribution in [2.24, 2.45) is 5.73 Å². The first kappa shape index (κ1) is 13.6. The molecule has 0 amide bonds. The van der Waals surface area contributed by atoms with Gasteiger partial charge in [0.25, 0.3) is 0 Å². The van der Waals surface area contributed by atoms with Crippen LogP contribution in [0.2, 0.25) is 0 Å². The van der Waals surface area contributed by atoms with E-state index >= 15 is 0 Å². The van der Waals surface area contributed by atoms with E-state index in [0.29, 0.717) is 11.5 Å². The molecule has 0 aliphatic heterocycles. The Labute approximate surface area is 111 Å². The Bertz CT molecular complexity index is 617. The summed E-state index contributed by atoms with van der Waals surface area (Å²) < 4.78 is 35.1. The Morgan fingerprint density at radius 3 is 2.42 bits per heavy atom. The van der Waals surface area contributed by atoms with Gasteiger partial charge in [0, 0.05) is 6.54 Å². The largest absolute Gasteiger partial charge is 0.497 e. The highest BCUT2D eigenvalue weighted by atomic mass is 32.2. The van der Waals surface area contributed by atoms with Crippen LogP contribution in [0.25, 0.3) is 0 Å². The summed E-state index contributed by atoms with van der Waals surface area (Å²) in [5.74, 6) is 0.944. The molecule has 2 N–H and O–H groups in total. The molecule has 0 saturated heterocycles. The fourth-order valence-electron chi connectivity index (χ4n) is 1.80. The summed E-state index contributed by atoms with van der Waals surface area (Å²) in [5.41, 5.74) is 5.58. The predicted molar refractivity (Wildman–Crippen MR) is 70.7 cm³/mol. The zero-order valence-electron chi connectivity index (χ0n) is 10.4. The van der Waals surface area contributed by atoms with E-state index in [1.165, 1.54) is 25.5 Å². The van der Waals surface area contributed by atoms with Crippen LogP contribution in [0.3, 0.4) is 0 Å². The minimum Gasteiger partial charge on any atom is -0.497 e. The molecule has 6 heteroatoms. The summed E-state index contributed by atoms with van der Waals surface area (Å²) in [6.45, 7) is -0.0398. The van der Waals surface area contributed by atoms with Crippen molar-refractivity contribution in [2.45, 2.75) is 10.1 Å². The highest BCUT2D eigenvalue weighted by Crippen LogP contribution is 2.29. The Morgan fingerprint density at radius 2 is 1.95 bits per heavy atom. The summed E-state index contributed by atoms with van der Waals surface area (Å²) in [6.07, 6.45) is 1.43. The number of benzene rings is 1. The van der Waals surface area contributed by atoms with E-state index in [4.69, 9.17) is 14.9 Å². The molecule has 102 valence electrons. The highest BCUT2D eigenvalue weighted by Gasteiger charge is 2.30. The molecule has 5 nitrogen and oxygen atoms in total. The van der Waals surface area contributed by atoms with Gasteiger partial charge in [-0.2, -0.15) is 0 Å². The molecule has 0 fully saturated rings. The van der Waals surface area contributed by atoms with Gasteiger partial charge in [0.15, 0.2) is 9.84 Å². The molecule has 2 aromatic rings. The SMILES string of the molecule is COc1ccc(S(=O)(=O)C(CN)c2ccco2)cc1. The topological polar surface area (TPSA) is 82.5 Å². The second-order valence-electron chi connectivity index (χ2n) is 3.96. The van der Waals surface area contributed by atoms with Crippen LogP contribution in [-0.4, -0.2) is 22.1 Å². The van der Waals surface area contributed by atoms with Crippen molar-refractivity contribution < 1.29 is 17.6 Å². The quantitative estimate of drug-likeness (QED) is 0.903. The average Bonchev–Trinajstić information content (AvgIpc) is 2.93. The maximum Gasteiger partial charge on any atom is 0.189 e. The molecule has 0 aliphatic carbocycles. The first-order valence-corrected chi connectivity index (χ1v) is 7.25. The van der Waals surface area contributed by atoms with Gasteiger partial charge < -0.3 is 14.9 Å². The van der Waals surface area contributed by atoms with Crippen molar-refractivity contribution in [3.63, 3.8) is 0 Å². The maximum atomic E-state index is 12.5. The molecule has 1 atom stereocenters. The third kappa shape index (κ3) is 2.64. The standard InChI is InChI=1S/C13H15NO4S/c1-17-10-4-6-11(7-5-10)19(15,16)13(9-14)12-3-2-8-18-12/h2-8,13H,9,14H2,1H3. The van der Waals surface area contributed by atoms with E-state index in [1.54, 1.807) is 24.3 Å². The third-order valence-electron chi connectivity index (χ3n) is 2.84. The van der Waals surface area contributed by atoms with Gasteiger partial charge in [-0.1, -0.05) is 0 Å². The number of hydrogen-bond donors (Lipinski definition) is 1. The van der Waals surface area contributed by atoms with Crippen LogP contribution in [0, 0.1) is 0 Å². The molecule has 1 aromatic carbocycles. The second kappa shape index (κ2) is 5.46. The lowest BCUT2D eigenvalue weighted by Crippen LogP contribution is -2.21. The lowest BCUT2D eigenvalue weighted by atomic mass is 10.3. The van der Waals surface area contributed by atoms with Crippen molar-refractivity contribution in [1.29, 1.82) is 0 Å². The van der Waals surface area contributed by atoms with Crippen LogP contribution in [0.4, 0.5) is 0 Å². The van der Waals surface area contributed by atoms with Crippen molar-refractivity contribution >= 4 is 9.84 Å². The minimum atomic E-state index is -3.57. The normalized spacial score (nSPS) is 13.2. The molecule has 19 heavy (non-hydrogen) atoms. The number of ether oxygens (including phenoxy) is 1. The third-order valence-corrected chi connectivity index (χ3v) is 4.94. The molecule has 0 aliphatic rings. The van der Waals surface area contributed by atoms with Crippen LogP contribution in [0.1, 0.15) is 11.0 Å². The van der Waals surface area contributed by atoms with E-state index in [9.17, 15) is 8.42 Å². The molecule has 0 radical (unpaired) electrons. The summed E-state index contributed by atoms with van der Waals surface area (Å²) in [7, 11) is -2.05. The molecular formula is C13H15NO4S. The number of hydrogen-bond acceptors (Lipinski definition) is 5. The van der Waals surface area contributed by atoms with Gasteiger partial charge in [-0.05, 0) is 36.4 Å². The molecule has 0 bridgehead atoms. The van der Waals surface area contributed by atoms with Gasteiger partial charge in [-0.25, -0.2) is 8.42 Å². The van der Waals surface area contributed by atoms with Crippen LogP contribution >= 0.6 is 0 Å². The van der Waals surface area contributed by atoms with Gasteiger partial charge in [-0.3, -0.25) is 0 Å². The summed E-state index contributed by atoms with van der Waals surface area (Å²) >= 11 is 0. The molecule has 0 spiro atoms. The summed E-state index contributed by atoms with van der Waals surface area (Å²) in [4.78, 5) is 0.195. The smallest absolute Gasteiger partial charge is 0.189 e. The van der Waals surface area contributed by atoms with Crippen LogP contribution in [-0.2, 0) is 9.84 Å². The zero-order valence-corrected chi connectivity index (χ0v) is 11.3. The Balaban J connectivity index is 2.39. The van der Waals surface area contributed by atoms with Gasteiger partial charge in [-0.15, -0.1) is 0 Å². The first-order chi connectivity index (χ1) is 9.09. The van der Waals surface area contributed by atoms with Crippen molar-refractivity contribution in [1.82, 2.24) is 0 Å². The van der Waals surface area contributed by atoms with Crippen LogP contribution in [0.15, 0.2) is 52.0 Å². The fraction of sp³-hybridized carbons (Fsp3) is 0.231. The molecule has 0 saturated carbocycles. The Kier molecular flexibility index (Phi) is 3.92. The van der Waals surface area contributed by atoms with Gasteiger partial charge in [0.1, 0.15) is 16.8 Å². The number of rotatable bonds is 5. The maximum absolute atomic E-state index is 12.5. The molecule has 2 rings (SSSR count). The van der Waals surface area contributed by atoms with E-state index < -0.39 is 15.1 Å². The van der Waals surface area contributed by atoms with Crippen molar-refractivity contribution in [2.75, 3.05) is 13.7 Å². The average molecular weight is 281 g/mol. The second-order valence-corrected chi connectivity index (χ2v) is 6.09. The lowest BCUT2D eigenvalue weighted by Gasteiger charge is -2.13. The highest BCUT2D eigenvalue weighted by molar-refractivity contribution is 7.91. The van der Waals surface area contributed by atoms with Gasteiger partial charge in [0.2, 0.25) is 0 Å².